The van der Waals surface area contributed by atoms with Crippen molar-refractivity contribution in [3.63, 3.8) is 0 Å². The maximum Gasteiger partial charge on any atom is 0.337 e. The molecule has 5 saturated heterocycles. The van der Waals surface area contributed by atoms with Gasteiger partial charge in [0.25, 0.3) is 0 Å². The zero-order valence-corrected chi connectivity index (χ0v) is 67.3. The number of allylic oxidation sites excluding steroid dienone is 5. The fourth-order valence-electron chi connectivity index (χ4n) is 22.2. The molecule has 5 aliphatic heterocycles. The smallest absolute Gasteiger partial charge is 0.337 e. The van der Waals surface area contributed by atoms with E-state index < -0.39 is 28.0 Å². The van der Waals surface area contributed by atoms with E-state index in [9.17, 15) is 24.0 Å². The van der Waals surface area contributed by atoms with Gasteiger partial charge in [0.05, 0.1) is 73.7 Å². The lowest BCUT2D eigenvalue weighted by Gasteiger charge is -2.38. The van der Waals surface area contributed by atoms with Crippen LogP contribution in [0.25, 0.3) is 0 Å². The Morgan fingerprint density at radius 3 is 1.18 bits per heavy atom. The number of hydrogen-bond donors (Lipinski definition) is 0. The lowest BCUT2D eigenvalue weighted by molar-refractivity contribution is -0.143. The van der Waals surface area contributed by atoms with Crippen LogP contribution in [0.2, 0.25) is 0 Å². The van der Waals surface area contributed by atoms with Gasteiger partial charge >= 0.3 is 29.8 Å². The van der Waals surface area contributed by atoms with Crippen molar-refractivity contribution < 1.29 is 80.8 Å². The summed E-state index contributed by atoms with van der Waals surface area (Å²) >= 11 is 0. The summed E-state index contributed by atoms with van der Waals surface area (Å²) < 4.78 is 70.9. The van der Waals surface area contributed by atoms with Gasteiger partial charge < -0.3 is 56.8 Å². The summed E-state index contributed by atoms with van der Waals surface area (Å²) in [6.07, 6.45) is 38.2. The van der Waals surface area contributed by atoms with E-state index in [1.807, 2.05) is 104 Å². The van der Waals surface area contributed by atoms with Crippen LogP contribution in [-0.4, -0.2) is 127 Å². The third-order valence-corrected chi connectivity index (χ3v) is 27.2. The quantitative estimate of drug-likeness (QED) is 0.0539. The number of para-hydroxylation sites is 1. The monoisotopic (exact) mass is 1580 g/mol. The summed E-state index contributed by atoms with van der Waals surface area (Å²) in [7, 11) is 1.63. The molecule has 0 bridgehead atoms. The van der Waals surface area contributed by atoms with E-state index in [-0.39, 0.29) is 60.4 Å². The molecule has 5 aromatic heterocycles. The number of carbonyl (C=O) groups excluding carboxylic acids is 5. The minimum absolute atomic E-state index is 0.0855. The zero-order chi connectivity index (χ0) is 80.1. The minimum Gasteiger partial charge on any atom is -0.497 e. The number of rotatable bonds is 19. The third kappa shape index (κ3) is 14.6. The Hall–Kier alpha value is -9.58. The highest BCUT2D eigenvalue weighted by Crippen LogP contribution is 2.61. The molecular formula is C94H105N5O17. The molecule has 5 saturated carbocycles. The van der Waals surface area contributed by atoms with Gasteiger partial charge in [-0.3, -0.25) is 19.9 Å². The maximum atomic E-state index is 12.4. The fraction of sp³-hybridized carbons (Fsp3) is 0.511. The standard InChI is InChI=1S/C23H23NO4.C18H21NO4.2C18H21NO3.C17H19NO3/c1-15-11-17-8-9-20-23(17,19(12-15)22(25)28-20)26-14-16-7-10-21(24-13-16)27-18-5-3-2-4-6-18;1-11-7-12-3-4-16-18(12,15(8-11)17(20)23-16)22-10-13-9-14(21-2)5-6-19-13;1-11-7-14-5-6-16-18(14,15(8-11)17(20)22-16)21-10-13-4-3-12(2)19-9-13;1-12-9-14-4-5-16-18(14,15(10-12)17(20)22-16)21-8-6-13-3-2-7-19-11-13;1-11-8-13-2-3-15-17(13,14(9-11)16(19)21-15)20-10-12-4-6-18-7-5-12/h2-7,10,12-13,15,17,20H,8-9,11,14H2,1H3;5-6,8-9,11-12,16H,3-4,7,10H2,1-2H3;3-4,8-9,11,14,16H,5-7,10H2,1-2H3;2-3,7,10-12,14,16H,4-6,8-9H2,1H3;4-7,9,11,13,15H,2-3,8,10H2,1H3/t15-,17?,20+,23-;11-,12?,16+,18-;11-,14?,16+,18-;12-,14?,16+,18-;11-,13?,15+,17-/m00000/s1. The summed E-state index contributed by atoms with van der Waals surface area (Å²) in [5.41, 5.74) is 7.13. The Kier molecular flexibility index (Phi) is 22.3. The molecule has 0 radical (unpaired) electrons. The summed E-state index contributed by atoms with van der Waals surface area (Å²) in [4.78, 5) is 82.4. The number of aryl methyl sites for hydroxylation is 1. The molecule has 0 N–H and O–H groups in total. The first-order valence-electron chi connectivity index (χ1n) is 42.0. The van der Waals surface area contributed by atoms with Gasteiger partial charge in [-0.1, -0.05) is 95.3 Å². The lowest BCUT2D eigenvalue weighted by Crippen LogP contribution is -2.47. The number of esters is 5. The molecule has 1 aromatic carbocycles. The van der Waals surface area contributed by atoms with Crippen molar-refractivity contribution in [2.45, 2.75) is 229 Å². The highest BCUT2D eigenvalue weighted by atomic mass is 16.6. The first-order chi connectivity index (χ1) is 56.3. The van der Waals surface area contributed by atoms with Gasteiger partial charge in [0.2, 0.25) is 5.88 Å². The van der Waals surface area contributed by atoms with Gasteiger partial charge in [-0.05, 0) is 240 Å². The van der Waals surface area contributed by atoms with E-state index in [4.69, 9.17) is 56.8 Å². The van der Waals surface area contributed by atoms with Crippen molar-refractivity contribution in [2.24, 2.45) is 59.2 Å². The van der Waals surface area contributed by atoms with Gasteiger partial charge in [-0.15, -0.1) is 0 Å². The molecule has 10 fully saturated rings. The van der Waals surface area contributed by atoms with Gasteiger partial charge in [-0.2, -0.15) is 0 Å². The third-order valence-electron chi connectivity index (χ3n) is 27.2. The maximum absolute atomic E-state index is 12.4. The second kappa shape index (κ2) is 32.7. The highest BCUT2D eigenvalue weighted by Gasteiger charge is 2.69. The Labute approximate surface area is 677 Å². The van der Waals surface area contributed by atoms with Crippen molar-refractivity contribution in [3.8, 4) is 17.4 Å². The second-order valence-electron chi connectivity index (χ2n) is 34.7. The number of carbonyl (C=O) groups is 5. The van der Waals surface area contributed by atoms with E-state index in [1.54, 1.807) is 44.2 Å². The zero-order valence-electron chi connectivity index (χ0n) is 67.3. The van der Waals surface area contributed by atoms with Crippen LogP contribution >= 0.6 is 0 Å². The van der Waals surface area contributed by atoms with Crippen LogP contribution in [0.3, 0.4) is 0 Å². The second-order valence-corrected chi connectivity index (χ2v) is 34.7. The van der Waals surface area contributed by atoms with Gasteiger partial charge in [0.1, 0.15) is 70.0 Å². The molecule has 5 unspecified atom stereocenters. The number of benzene rings is 1. The van der Waals surface area contributed by atoms with Crippen LogP contribution in [0, 0.1) is 66.1 Å². The van der Waals surface area contributed by atoms with Crippen molar-refractivity contribution in [2.75, 3.05) is 13.7 Å². The van der Waals surface area contributed by atoms with Gasteiger partial charge in [0, 0.05) is 61.2 Å². The largest absolute Gasteiger partial charge is 0.497 e. The number of aromatic nitrogens is 5. The predicted octanol–water partition coefficient (Wildman–Crippen LogP) is 15.3. The Balaban J connectivity index is 0.000000105. The average Bonchev–Trinajstić information content (AvgIpc) is 1.59. The van der Waals surface area contributed by atoms with Crippen molar-refractivity contribution >= 4 is 29.8 Å². The van der Waals surface area contributed by atoms with Crippen molar-refractivity contribution in [1.82, 2.24) is 24.9 Å². The summed E-state index contributed by atoms with van der Waals surface area (Å²) in [6.45, 7) is 15.1. The molecule has 116 heavy (non-hydrogen) atoms. The molecule has 0 spiro atoms. The SMILES string of the molecule is COc1ccnc(CO[C@]23C4=C[C@@H](C)CC2CC[C@H]3OC4=O)c1.C[C@@H]1C=C2C(=O)O[C@@H]3CCC(C1)[C@]23OCCc1cccnc1.C[C@@H]1C=C2C(=O)O[C@@H]3CCC(C1)[C@]23OCc1ccc(Oc2ccccc2)nc1.C[C@@H]1C=C2C(=O)O[C@@H]3CCC(C1)[C@]23OCc1ccncc1.Cc1ccc(CO[C@]23C4=C[C@@H](C)CC2CC[C@H]3OC4=O)cn1. The van der Waals surface area contributed by atoms with Gasteiger partial charge in [-0.25, -0.2) is 29.0 Å². The Morgan fingerprint density at radius 2 is 0.784 bits per heavy atom. The van der Waals surface area contributed by atoms with Crippen LogP contribution in [0.5, 0.6) is 17.4 Å². The highest BCUT2D eigenvalue weighted by molar-refractivity contribution is 5.97. The predicted molar refractivity (Wildman–Crippen MR) is 424 cm³/mol. The van der Waals surface area contributed by atoms with E-state index >= 15 is 0 Å². The van der Waals surface area contributed by atoms with E-state index in [1.165, 1.54) is 0 Å². The molecule has 22 heteroatoms. The van der Waals surface area contributed by atoms with E-state index in [0.29, 0.717) is 98.1 Å². The first-order valence-corrected chi connectivity index (χ1v) is 42.0. The van der Waals surface area contributed by atoms with Crippen LogP contribution < -0.4 is 9.47 Å². The van der Waals surface area contributed by atoms with Crippen molar-refractivity contribution in [1.29, 1.82) is 0 Å². The minimum atomic E-state index is -0.581. The number of ether oxygens (including phenoxy) is 12. The first kappa shape index (κ1) is 78.9. The summed E-state index contributed by atoms with van der Waals surface area (Å²) in [5, 5.41) is 0. The molecule has 608 valence electrons. The topological polar surface area (TPSA) is 261 Å². The molecule has 6 aromatic rings. The van der Waals surface area contributed by atoms with E-state index in [0.717, 1.165) is 176 Å². The number of nitrogens with zero attached hydrogens (tertiary/aromatic N) is 5. The number of methoxy groups -OCH3 is 1. The van der Waals surface area contributed by atoms with Crippen LogP contribution in [-0.2, 0) is 104 Å². The molecule has 21 rings (SSSR count). The lowest BCUT2D eigenvalue weighted by atomic mass is 9.73. The average molecular weight is 1580 g/mol. The number of pyridine rings is 5. The molecule has 0 amide bonds. The van der Waals surface area contributed by atoms with Crippen LogP contribution in [0.4, 0.5) is 0 Å². The molecule has 10 heterocycles. The molecule has 10 aliphatic carbocycles. The molecule has 20 atom stereocenters. The van der Waals surface area contributed by atoms with Gasteiger partial charge in [0.15, 0.2) is 0 Å². The summed E-state index contributed by atoms with van der Waals surface area (Å²) in [5.74, 6) is 5.06. The van der Waals surface area contributed by atoms with Crippen molar-refractivity contribution in [3.05, 3.63) is 226 Å². The Bertz CT molecular complexity index is 4810. The Morgan fingerprint density at radius 1 is 0.371 bits per heavy atom. The normalized spacial score (nSPS) is 34.6. The molecule has 22 nitrogen and oxygen atoms in total. The molecule has 15 aliphatic rings. The molecular weight excluding hydrogens is 1470 g/mol. The fourth-order valence-corrected chi connectivity index (χ4v) is 22.2. The van der Waals surface area contributed by atoms with E-state index in [2.05, 4.69) is 89.9 Å². The van der Waals surface area contributed by atoms with Crippen LogP contribution in [0.15, 0.2) is 193 Å². The number of hydrogen-bond acceptors (Lipinski definition) is 22. The van der Waals surface area contributed by atoms with Crippen LogP contribution in [0.1, 0.15) is 165 Å². The summed E-state index contributed by atoms with van der Waals surface area (Å²) in [6, 6.07) is 29.0.